The summed E-state index contributed by atoms with van der Waals surface area (Å²) in [5.74, 6) is -0.844. The largest absolute Gasteiger partial charge is 0.462 e. The van der Waals surface area contributed by atoms with Gasteiger partial charge >= 0.3 is 17.9 Å². The molecule has 0 aromatic carbocycles. The molecule has 0 radical (unpaired) electrons. The molecule has 472 valence electrons. The quantitative estimate of drug-likeness (QED) is 0.0261. The van der Waals surface area contributed by atoms with Gasteiger partial charge in [0.25, 0.3) is 0 Å². The highest BCUT2D eigenvalue weighted by Crippen LogP contribution is 2.19. The zero-order valence-corrected chi connectivity index (χ0v) is 54.4. The van der Waals surface area contributed by atoms with Gasteiger partial charge in [-0.05, 0) is 70.6 Å². The zero-order chi connectivity index (χ0) is 57.8. The fourth-order valence-electron chi connectivity index (χ4n) is 11.2. The van der Waals surface area contributed by atoms with E-state index in [1.54, 1.807) is 0 Å². The molecule has 0 bridgehead atoms. The second-order valence-corrected chi connectivity index (χ2v) is 24.9. The molecule has 0 rings (SSSR count). The first kappa shape index (κ1) is 77.9. The van der Waals surface area contributed by atoms with Gasteiger partial charge in [-0.25, -0.2) is 0 Å². The van der Waals surface area contributed by atoms with Crippen LogP contribution in [0.5, 0.6) is 0 Å². The maximum Gasteiger partial charge on any atom is 0.306 e. The average molecular weight is 1130 g/mol. The van der Waals surface area contributed by atoms with Crippen molar-refractivity contribution in [2.75, 3.05) is 13.2 Å². The summed E-state index contributed by atoms with van der Waals surface area (Å²) in [5, 5.41) is 0. The third-order valence-corrected chi connectivity index (χ3v) is 16.7. The van der Waals surface area contributed by atoms with Gasteiger partial charge in [0, 0.05) is 19.3 Å². The average Bonchev–Trinajstić information content (AvgIpc) is 3.46. The molecule has 0 aromatic heterocycles. The summed E-state index contributed by atoms with van der Waals surface area (Å²) >= 11 is 0. The van der Waals surface area contributed by atoms with Crippen molar-refractivity contribution in [2.24, 2.45) is 0 Å². The third kappa shape index (κ3) is 66.7. The molecular formula is C74H140O6. The first-order valence-corrected chi connectivity index (χ1v) is 36.3. The van der Waals surface area contributed by atoms with Gasteiger partial charge in [0.1, 0.15) is 13.2 Å². The molecule has 6 nitrogen and oxygen atoms in total. The van der Waals surface area contributed by atoms with E-state index in [9.17, 15) is 14.4 Å². The number of carbonyl (C=O) groups excluding carboxylic acids is 3. The lowest BCUT2D eigenvalue weighted by Crippen LogP contribution is -2.30. The first-order valence-electron chi connectivity index (χ1n) is 36.3. The lowest BCUT2D eigenvalue weighted by atomic mass is 10.0. The number of hydrogen-bond donors (Lipinski definition) is 0. The van der Waals surface area contributed by atoms with Crippen LogP contribution >= 0.6 is 0 Å². The fraction of sp³-hybridized carbons (Fsp3) is 0.905. The van der Waals surface area contributed by atoms with Crippen LogP contribution in [0.3, 0.4) is 0 Å². The summed E-state index contributed by atoms with van der Waals surface area (Å²) in [5.41, 5.74) is 0. The predicted octanol–water partition coefficient (Wildman–Crippen LogP) is 25.0. The van der Waals surface area contributed by atoms with Crippen LogP contribution in [0, 0.1) is 0 Å². The van der Waals surface area contributed by atoms with E-state index < -0.39 is 6.10 Å². The van der Waals surface area contributed by atoms with Gasteiger partial charge in [-0.2, -0.15) is 0 Å². The van der Waals surface area contributed by atoms with E-state index in [4.69, 9.17) is 14.2 Å². The van der Waals surface area contributed by atoms with Crippen molar-refractivity contribution in [2.45, 2.75) is 419 Å². The Morgan fingerprint density at radius 2 is 0.412 bits per heavy atom. The molecule has 0 N–H and O–H groups in total. The predicted molar refractivity (Wildman–Crippen MR) is 349 cm³/mol. The number of esters is 3. The number of hydrogen-bond acceptors (Lipinski definition) is 6. The number of allylic oxidation sites excluding steroid dienone is 4. The molecule has 0 saturated carbocycles. The molecule has 0 aliphatic heterocycles. The van der Waals surface area contributed by atoms with Crippen LogP contribution in [-0.4, -0.2) is 37.2 Å². The maximum atomic E-state index is 12.9. The summed E-state index contributed by atoms with van der Waals surface area (Å²) in [6.07, 6.45) is 85.4. The summed E-state index contributed by atoms with van der Waals surface area (Å²) in [4.78, 5) is 38.2. The summed E-state index contributed by atoms with van der Waals surface area (Å²) in [7, 11) is 0. The van der Waals surface area contributed by atoms with Crippen LogP contribution in [0.2, 0.25) is 0 Å². The molecule has 0 fully saturated rings. The lowest BCUT2D eigenvalue weighted by molar-refractivity contribution is -0.167. The van der Waals surface area contributed by atoms with Crippen LogP contribution in [0.1, 0.15) is 412 Å². The van der Waals surface area contributed by atoms with Gasteiger partial charge in [0.2, 0.25) is 0 Å². The Bertz CT molecular complexity index is 1290. The van der Waals surface area contributed by atoms with Crippen LogP contribution in [-0.2, 0) is 28.6 Å². The van der Waals surface area contributed by atoms with Crippen molar-refractivity contribution in [3.05, 3.63) is 24.3 Å². The van der Waals surface area contributed by atoms with Gasteiger partial charge in [0.15, 0.2) is 6.10 Å². The smallest absolute Gasteiger partial charge is 0.306 e. The Labute approximate surface area is 500 Å². The molecule has 0 aliphatic rings. The summed E-state index contributed by atoms with van der Waals surface area (Å²) in [6, 6.07) is 0. The lowest BCUT2D eigenvalue weighted by Gasteiger charge is -2.18. The van der Waals surface area contributed by atoms with Crippen molar-refractivity contribution in [3.63, 3.8) is 0 Å². The van der Waals surface area contributed by atoms with E-state index in [1.165, 1.54) is 315 Å². The Morgan fingerprint density at radius 1 is 0.237 bits per heavy atom. The minimum Gasteiger partial charge on any atom is -0.462 e. The molecule has 80 heavy (non-hydrogen) atoms. The molecule has 0 aliphatic carbocycles. The van der Waals surface area contributed by atoms with E-state index in [2.05, 4.69) is 45.1 Å². The molecule has 0 amide bonds. The molecule has 1 atom stereocenters. The third-order valence-electron chi connectivity index (χ3n) is 16.7. The highest BCUT2D eigenvalue weighted by Gasteiger charge is 2.19. The standard InChI is InChI=1S/C74H140O6/c1-4-7-10-13-16-19-21-23-25-27-29-31-32-33-34-35-36-37-38-39-40-41-42-44-45-47-49-51-53-55-58-61-64-67-73(76)79-70-71(69-78-72(75)66-63-60-57-18-15-12-9-6-3)80-74(77)68-65-62-59-56-54-52-50-48-46-43-30-28-26-24-22-20-17-14-11-8-5-2/h27-30,71H,4-26,31-70H2,1-3H3/b29-27-,30-28-. The van der Waals surface area contributed by atoms with Crippen molar-refractivity contribution < 1.29 is 28.6 Å². The normalized spacial score (nSPS) is 12.1. The number of ether oxygens (including phenoxy) is 3. The van der Waals surface area contributed by atoms with E-state index in [0.717, 1.165) is 57.8 Å². The highest BCUT2D eigenvalue weighted by atomic mass is 16.6. The van der Waals surface area contributed by atoms with Gasteiger partial charge in [-0.3, -0.25) is 14.4 Å². The first-order chi connectivity index (χ1) is 39.5. The van der Waals surface area contributed by atoms with Crippen molar-refractivity contribution >= 4 is 17.9 Å². The molecule has 6 heteroatoms. The highest BCUT2D eigenvalue weighted by molar-refractivity contribution is 5.71. The summed E-state index contributed by atoms with van der Waals surface area (Å²) in [6.45, 7) is 6.68. The number of carbonyl (C=O) groups is 3. The fourth-order valence-corrected chi connectivity index (χ4v) is 11.2. The molecule has 0 spiro atoms. The molecule has 0 aromatic rings. The minimum atomic E-state index is -0.767. The Kier molecular flexibility index (Phi) is 67.6. The van der Waals surface area contributed by atoms with Crippen molar-refractivity contribution in [1.29, 1.82) is 0 Å². The monoisotopic (exact) mass is 1130 g/mol. The van der Waals surface area contributed by atoms with Gasteiger partial charge in [-0.1, -0.05) is 347 Å². The van der Waals surface area contributed by atoms with E-state index in [1.807, 2.05) is 0 Å². The number of rotatable bonds is 68. The maximum absolute atomic E-state index is 12.9. The molecule has 1 unspecified atom stereocenters. The van der Waals surface area contributed by atoms with E-state index >= 15 is 0 Å². The molecule has 0 heterocycles. The van der Waals surface area contributed by atoms with E-state index in [0.29, 0.717) is 19.3 Å². The van der Waals surface area contributed by atoms with Crippen molar-refractivity contribution in [3.8, 4) is 0 Å². The van der Waals surface area contributed by atoms with E-state index in [-0.39, 0.29) is 31.1 Å². The van der Waals surface area contributed by atoms with Gasteiger partial charge < -0.3 is 14.2 Å². The zero-order valence-electron chi connectivity index (χ0n) is 54.4. The summed E-state index contributed by atoms with van der Waals surface area (Å²) < 4.78 is 16.9. The minimum absolute atomic E-state index is 0.0659. The van der Waals surface area contributed by atoms with Crippen molar-refractivity contribution in [1.82, 2.24) is 0 Å². The Hall–Kier alpha value is -2.11. The molecular weight excluding hydrogens is 985 g/mol. The second-order valence-electron chi connectivity index (χ2n) is 24.9. The van der Waals surface area contributed by atoms with Crippen LogP contribution in [0.15, 0.2) is 24.3 Å². The Morgan fingerprint density at radius 3 is 0.625 bits per heavy atom. The SMILES string of the molecule is CCCCCCCCCC/C=C\CCCCCCCCCCCCCCCCCCCCCCCC(=O)OCC(COC(=O)CCCCCCCCCC)OC(=O)CCCCCCCCCCC/C=C\CCCCCCCCCC. The van der Waals surface area contributed by atoms with Crippen LogP contribution < -0.4 is 0 Å². The molecule has 0 saturated heterocycles. The van der Waals surface area contributed by atoms with Gasteiger partial charge in [-0.15, -0.1) is 0 Å². The van der Waals surface area contributed by atoms with Gasteiger partial charge in [0.05, 0.1) is 0 Å². The number of unbranched alkanes of at least 4 members (excludes halogenated alkanes) is 53. The van der Waals surface area contributed by atoms with Crippen LogP contribution in [0.4, 0.5) is 0 Å². The topological polar surface area (TPSA) is 78.9 Å². The second kappa shape index (κ2) is 69.4. The Balaban J connectivity index is 3.99. The van der Waals surface area contributed by atoms with Crippen LogP contribution in [0.25, 0.3) is 0 Å².